The molecular weight excluding hydrogens is 228 g/mol. The smallest absolute Gasteiger partial charge is 0.166 e. The molecule has 0 aromatic rings. The Morgan fingerprint density at radius 1 is 1.00 bits per heavy atom. The van der Waals surface area contributed by atoms with Crippen LogP contribution in [0, 0.1) is 11.8 Å². The highest BCUT2D eigenvalue weighted by Gasteiger charge is 2.35. The van der Waals surface area contributed by atoms with Crippen molar-refractivity contribution in [1.29, 1.82) is 0 Å². The lowest BCUT2D eigenvalue weighted by Gasteiger charge is -2.27. The van der Waals surface area contributed by atoms with E-state index in [9.17, 15) is 0 Å². The van der Waals surface area contributed by atoms with Crippen molar-refractivity contribution in [2.24, 2.45) is 11.8 Å². The maximum atomic E-state index is 5.44. The average Bonchev–Trinajstić information content (AvgIpc) is 2.92. The van der Waals surface area contributed by atoms with Crippen LogP contribution in [0.4, 0.5) is 0 Å². The van der Waals surface area contributed by atoms with Crippen LogP contribution in [0.1, 0.15) is 44.9 Å². The predicted octanol–water partition coefficient (Wildman–Crippen LogP) is 2.75. The van der Waals surface area contributed by atoms with Gasteiger partial charge in [-0.05, 0) is 49.7 Å². The van der Waals surface area contributed by atoms with Gasteiger partial charge in [0.05, 0.1) is 0 Å². The molecule has 0 spiro atoms. The Morgan fingerprint density at radius 3 is 2.47 bits per heavy atom. The van der Waals surface area contributed by atoms with Crippen LogP contribution in [0.3, 0.4) is 0 Å². The largest absolute Gasteiger partial charge is 0.360 e. The van der Waals surface area contributed by atoms with Crippen molar-refractivity contribution in [3.8, 4) is 0 Å². The van der Waals surface area contributed by atoms with Crippen molar-refractivity contribution in [3.63, 3.8) is 0 Å². The van der Waals surface area contributed by atoms with Gasteiger partial charge in [0.1, 0.15) is 0 Å². The molecule has 2 bridgehead atoms. The molecule has 2 fully saturated rings. The van der Waals surface area contributed by atoms with Crippen molar-refractivity contribution in [1.82, 2.24) is 10.6 Å². The third-order valence-electron chi connectivity index (χ3n) is 4.54. The molecule has 3 aliphatic rings. The van der Waals surface area contributed by atoms with Crippen molar-refractivity contribution in [3.05, 3.63) is 12.2 Å². The van der Waals surface area contributed by atoms with Crippen LogP contribution in [-0.4, -0.2) is 17.2 Å². The molecule has 3 rings (SSSR count). The fourth-order valence-corrected chi connectivity index (χ4v) is 3.91. The van der Waals surface area contributed by atoms with Crippen LogP contribution < -0.4 is 10.6 Å². The van der Waals surface area contributed by atoms with Crippen LogP contribution in [0.5, 0.6) is 0 Å². The van der Waals surface area contributed by atoms with E-state index in [1.54, 1.807) is 0 Å². The van der Waals surface area contributed by atoms with Crippen LogP contribution in [0.2, 0.25) is 0 Å². The molecule has 0 heterocycles. The zero-order chi connectivity index (χ0) is 11.7. The summed E-state index contributed by atoms with van der Waals surface area (Å²) in [4.78, 5) is 0. The summed E-state index contributed by atoms with van der Waals surface area (Å²) in [5.41, 5.74) is 0. The zero-order valence-electron chi connectivity index (χ0n) is 10.3. The van der Waals surface area contributed by atoms with Crippen LogP contribution in [0.25, 0.3) is 0 Å². The van der Waals surface area contributed by atoms with E-state index in [1.165, 1.54) is 44.9 Å². The Morgan fingerprint density at radius 2 is 1.82 bits per heavy atom. The molecule has 94 valence electrons. The molecule has 0 radical (unpaired) electrons. The van der Waals surface area contributed by atoms with Gasteiger partial charge in [0, 0.05) is 12.1 Å². The third-order valence-corrected chi connectivity index (χ3v) is 4.77. The van der Waals surface area contributed by atoms with E-state index in [0.717, 1.165) is 16.9 Å². The molecule has 2 saturated carbocycles. The summed E-state index contributed by atoms with van der Waals surface area (Å²) in [5, 5.41) is 7.92. The highest BCUT2D eigenvalue weighted by molar-refractivity contribution is 7.80. The summed E-state index contributed by atoms with van der Waals surface area (Å²) in [6.45, 7) is 0. The van der Waals surface area contributed by atoms with Gasteiger partial charge in [-0.1, -0.05) is 31.4 Å². The van der Waals surface area contributed by atoms with E-state index >= 15 is 0 Å². The first-order valence-electron chi connectivity index (χ1n) is 7.06. The molecule has 0 unspecified atom stereocenters. The van der Waals surface area contributed by atoms with E-state index in [1.807, 2.05) is 0 Å². The van der Waals surface area contributed by atoms with Crippen molar-refractivity contribution >= 4 is 17.3 Å². The second kappa shape index (κ2) is 4.97. The lowest BCUT2D eigenvalue weighted by Crippen LogP contribution is -2.47. The molecule has 0 amide bonds. The molecule has 0 saturated heterocycles. The second-order valence-corrected chi connectivity index (χ2v) is 6.25. The number of rotatable bonds is 2. The number of fused-ring (bicyclic) bond motifs is 2. The van der Waals surface area contributed by atoms with Gasteiger partial charge in [-0.15, -0.1) is 0 Å². The molecule has 2 N–H and O–H groups in total. The lowest BCUT2D eigenvalue weighted by atomic mass is 9.96. The van der Waals surface area contributed by atoms with E-state index in [0.29, 0.717) is 12.1 Å². The fourth-order valence-electron chi connectivity index (χ4n) is 3.59. The Hall–Kier alpha value is -0.570. The van der Waals surface area contributed by atoms with Crippen LogP contribution >= 0.6 is 12.2 Å². The standard InChI is InChI=1S/C14H22N2S/c17-14(15-12-4-2-1-3-5-12)16-13-9-10-6-7-11(13)8-10/h6-7,10-13H,1-5,8-9H2,(H2,15,16,17)/t10-,11-,13-/m0/s1. The van der Waals surface area contributed by atoms with Gasteiger partial charge in [0.15, 0.2) is 5.11 Å². The molecule has 0 aliphatic heterocycles. The summed E-state index contributed by atoms with van der Waals surface area (Å²) >= 11 is 5.44. The minimum Gasteiger partial charge on any atom is -0.360 e. The first-order valence-corrected chi connectivity index (χ1v) is 7.47. The molecule has 0 aromatic heterocycles. The molecule has 3 heteroatoms. The topological polar surface area (TPSA) is 24.1 Å². The van der Waals surface area contributed by atoms with Gasteiger partial charge < -0.3 is 10.6 Å². The maximum Gasteiger partial charge on any atom is 0.166 e. The summed E-state index contributed by atoms with van der Waals surface area (Å²) in [6, 6.07) is 1.21. The molecular formula is C14H22N2S. The molecule has 3 atom stereocenters. The van der Waals surface area contributed by atoms with Gasteiger partial charge in [0.2, 0.25) is 0 Å². The number of thiocarbonyl (C=S) groups is 1. The average molecular weight is 250 g/mol. The van der Waals surface area contributed by atoms with E-state index in [4.69, 9.17) is 12.2 Å². The normalized spacial score (nSPS) is 36.1. The van der Waals surface area contributed by atoms with Gasteiger partial charge in [-0.2, -0.15) is 0 Å². The fraction of sp³-hybridized carbons (Fsp3) is 0.786. The summed E-state index contributed by atoms with van der Waals surface area (Å²) < 4.78 is 0. The number of hydrogen-bond donors (Lipinski definition) is 2. The number of nitrogens with one attached hydrogen (secondary N) is 2. The molecule has 2 nitrogen and oxygen atoms in total. The van der Waals surface area contributed by atoms with Crippen molar-refractivity contribution < 1.29 is 0 Å². The van der Waals surface area contributed by atoms with Gasteiger partial charge >= 0.3 is 0 Å². The highest BCUT2D eigenvalue weighted by atomic mass is 32.1. The summed E-state index contributed by atoms with van der Waals surface area (Å²) in [6.07, 6.45) is 14.0. The Balaban J connectivity index is 1.45. The molecule has 17 heavy (non-hydrogen) atoms. The summed E-state index contributed by atoms with van der Waals surface area (Å²) in [5.74, 6) is 1.54. The lowest BCUT2D eigenvalue weighted by molar-refractivity contribution is 0.408. The van der Waals surface area contributed by atoms with Gasteiger partial charge in [-0.3, -0.25) is 0 Å². The Kier molecular flexibility index (Phi) is 3.37. The highest BCUT2D eigenvalue weighted by Crippen LogP contribution is 2.38. The minimum absolute atomic E-state index is 0.591. The Bertz CT molecular complexity index is 320. The second-order valence-electron chi connectivity index (χ2n) is 5.84. The SMILES string of the molecule is S=C(NC1CCCCC1)N[C@H]1C[C@H]2C=C[C@H]1C2. The molecule has 3 aliphatic carbocycles. The minimum atomic E-state index is 0.591. The first kappa shape index (κ1) is 11.5. The maximum absolute atomic E-state index is 5.44. The molecule has 0 aromatic carbocycles. The van der Waals surface area contributed by atoms with E-state index in [2.05, 4.69) is 22.8 Å². The predicted molar refractivity (Wildman–Crippen MR) is 74.9 cm³/mol. The third kappa shape index (κ3) is 2.65. The van der Waals surface area contributed by atoms with E-state index in [-0.39, 0.29) is 0 Å². The van der Waals surface area contributed by atoms with Gasteiger partial charge in [0.25, 0.3) is 0 Å². The van der Waals surface area contributed by atoms with Gasteiger partial charge in [-0.25, -0.2) is 0 Å². The van der Waals surface area contributed by atoms with Crippen LogP contribution in [-0.2, 0) is 0 Å². The number of allylic oxidation sites excluding steroid dienone is 1. The van der Waals surface area contributed by atoms with Crippen LogP contribution in [0.15, 0.2) is 12.2 Å². The number of hydrogen-bond acceptors (Lipinski definition) is 1. The van der Waals surface area contributed by atoms with Crippen molar-refractivity contribution in [2.75, 3.05) is 0 Å². The Labute approximate surface area is 109 Å². The quantitative estimate of drug-likeness (QED) is 0.582. The summed E-state index contributed by atoms with van der Waals surface area (Å²) in [7, 11) is 0. The first-order chi connectivity index (χ1) is 8.31. The zero-order valence-corrected chi connectivity index (χ0v) is 11.1. The van der Waals surface area contributed by atoms with Crippen molar-refractivity contribution in [2.45, 2.75) is 57.0 Å². The van der Waals surface area contributed by atoms with E-state index < -0.39 is 0 Å². The monoisotopic (exact) mass is 250 g/mol.